The van der Waals surface area contributed by atoms with E-state index in [0.717, 1.165) is 5.52 Å². The quantitative estimate of drug-likeness (QED) is 0.470. The number of rotatable bonds is 6. The van der Waals surface area contributed by atoms with Crippen molar-refractivity contribution in [2.75, 3.05) is 20.5 Å². The molecule has 7 heteroatoms. The number of nitrogens with zero attached hydrogens (tertiary/aromatic N) is 1. The second kappa shape index (κ2) is 7.50. The van der Waals surface area contributed by atoms with Crippen LogP contribution in [0.2, 0.25) is 0 Å². The van der Waals surface area contributed by atoms with Crippen molar-refractivity contribution in [1.29, 1.82) is 0 Å². The molecule has 0 saturated heterocycles. The van der Waals surface area contributed by atoms with Gasteiger partial charge in [-0.05, 0) is 37.3 Å². The van der Waals surface area contributed by atoms with Gasteiger partial charge in [-0.1, -0.05) is 0 Å². The summed E-state index contributed by atoms with van der Waals surface area (Å²) in [6, 6.07) is 10.5. The highest BCUT2D eigenvalue weighted by molar-refractivity contribution is 6.09. The van der Waals surface area contributed by atoms with Gasteiger partial charge in [0.15, 0.2) is 17.3 Å². The normalized spacial score (nSPS) is 12.2. The molecular formula is C22H21NO6. The van der Waals surface area contributed by atoms with Crippen LogP contribution in [0.1, 0.15) is 33.3 Å². The van der Waals surface area contributed by atoms with E-state index in [1.165, 1.54) is 0 Å². The molecule has 1 aromatic heterocycles. The first kappa shape index (κ1) is 18.9. The molecule has 0 aliphatic carbocycles. The molecule has 0 amide bonds. The van der Waals surface area contributed by atoms with Crippen molar-refractivity contribution in [3.05, 3.63) is 53.2 Å². The lowest BCUT2D eigenvalue weighted by Crippen LogP contribution is -2.13. The molecule has 1 aliphatic heterocycles. The van der Waals surface area contributed by atoms with Gasteiger partial charge in [0.1, 0.15) is 5.75 Å². The summed E-state index contributed by atoms with van der Waals surface area (Å²) < 4.78 is 23.2. The van der Waals surface area contributed by atoms with Crippen molar-refractivity contribution in [2.45, 2.75) is 13.3 Å². The molecule has 0 N–H and O–H groups in total. The van der Waals surface area contributed by atoms with Gasteiger partial charge >= 0.3 is 5.97 Å². The molecule has 0 bridgehead atoms. The van der Waals surface area contributed by atoms with Crippen LogP contribution >= 0.6 is 0 Å². The summed E-state index contributed by atoms with van der Waals surface area (Å²) in [7, 11) is 3.40. The van der Waals surface area contributed by atoms with E-state index in [1.807, 2.05) is 17.7 Å². The summed E-state index contributed by atoms with van der Waals surface area (Å²) in [4.78, 5) is 25.7. The fourth-order valence-corrected chi connectivity index (χ4v) is 3.55. The number of carbonyl (C=O) groups is 2. The lowest BCUT2D eigenvalue weighted by Gasteiger charge is -2.08. The van der Waals surface area contributed by atoms with Crippen LogP contribution < -0.4 is 14.2 Å². The molecule has 3 aromatic rings. The van der Waals surface area contributed by atoms with Crippen LogP contribution in [0, 0.1) is 0 Å². The smallest absolute Gasteiger partial charge is 0.340 e. The van der Waals surface area contributed by atoms with E-state index in [-0.39, 0.29) is 25.6 Å². The number of ether oxygens (including phenoxy) is 4. The number of methoxy groups -OCH3 is 1. The highest BCUT2D eigenvalue weighted by atomic mass is 16.7. The molecule has 4 rings (SSSR count). The maximum Gasteiger partial charge on any atom is 0.340 e. The molecule has 0 unspecified atom stereocenters. The van der Waals surface area contributed by atoms with E-state index < -0.39 is 5.97 Å². The molecule has 0 saturated carbocycles. The Balaban J connectivity index is 1.79. The molecule has 29 heavy (non-hydrogen) atoms. The first-order chi connectivity index (χ1) is 14.0. The minimum Gasteiger partial charge on any atom is -0.497 e. The van der Waals surface area contributed by atoms with E-state index in [0.29, 0.717) is 39.5 Å². The van der Waals surface area contributed by atoms with Gasteiger partial charge in [0, 0.05) is 29.8 Å². The maximum absolute atomic E-state index is 12.9. The predicted octanol–water partition coefficient (Wildman–Crippen LogP) is 3.52. The first-order valence-corrected chi connectivity index (χ1v) is 9.28. The predicted molar refractivity (Wildman–Crippen MR) is 106 cm³/mol. The van der Waals surface area contributed by atoms with Gasteiger partial charge in [-0.25, -0.2) is 4.79 Å². The van der Waals surface area contributed by atoms with Gasteiger partial charge in [0.05, 0.1) is 31.2 Å². The second-order valence-corrected chi connectivity index (χ2v) is 6.65. The van der Waals surface area contributed by atoms with E-state index in [1.54, 1.807) is 44.4 Å². The van der Waals surface area contributed by atoms with Crippen molar-refractivity contribution in [2.24, 2.45) is 7.05 Å². The fraction of sp³-hybridized carbons (Fsp3) is 0.273. The van der Waals surface area contributed by atoms with Crippen molar-refractivity contribution < 1.29 is 28.5 Å². The number of ketones is 1. The Bertz CT molecular complexity index is 1100. The Labute approximate surface area is 167 Å². The van der Waals surface area contributed by atoms with Gasteiger partial charge in [0.25, 0.3) is 0 Å². The Kier molecular flexibility index (Phi) is 4.88. The van der Waals surface area contributed by atoms with Gasteiger partial charge in [-0.3, -0.25) is 4.79 Å². The van der Waals surface area contributed by atoms with Crippen molar-refractivity contribution >= 4 is 22.7 Å². The lowest BCUT2D eigenvalue weighted by molar-refractivity contribution is 0.0527. The number of carbonyl (C=O) groups excluding carboxylic acids is 2. The van der Waals surface area contributed by atoms with Crippen LogP contribution in [-0.2, 0) is 18.2 Å². The Hall–Kier alpha value is -3.48. The minimum absolute atomic E-state index is 0.0536. The zero-order valence-electron chi connectivity index (χ0n) is 16.5. The number of benzene rings is 2. The third-order valence-electron chi connectivity index (χ3n) is 5.03. The van der Waals surface area contributed by atoms with Crippen LogP contribution in [0.15, 0.2) is 36.4 Å². The summed E-state index contributed by atoms with van der Waals surface area (Å²) in [6.45, 7) is 2.13. The summed E-state index contributed by atoms with van der Waals surface area (Å²) in [5.41, 5.74) is 2.28. The van der Waals surface area contributed by atoms with Crippen LogP contribution in [0.5, 0.6) is 17.2 Å². The minimum atomic E-state index is -0.463. The fourth-order valence-electron chi connectivity index (χ4n) is 3.55. The van der Waals surface area contributed by atoms with Gasteiger partial charge in [0.2, 0.25) is 6.79 Å². The van der Waals surface area contributed by atoms with Crippen molar-refractivity contribution in [1.82, 2.24) is 4.57 Å². The van der Waals surface area contributed by atoms with E-state index in [2.05, 4.69) is 0 Å². The highest BCUT2D eigenvalue weighted by Gasteiger charge is 2.27. The number of aromatic nitrogens is 1. The van der Waals surface area contributed by atoms with Crippen LogP contribution in [0.25, 0.3) is 10.9 Å². The molecule has 2 heterocycles. The molecule has 0 atom stereocenters. The summed E-state index contributed by atoms with van der Waals surface area (Å²) in [5, 5.41) is 0.674. The maximum atomic E-state index is 12.9. The number of hydrogen-bond donors (Lipinski definition) is 0. The van der Waals surface area contributed by atoms with Crippen molar-refractivity contribution in [3.63, 3.8) is 0 Å². The Morgan fingerprint density at radius 3 is 2.45 bits per heavy atom. The average molecular weight is 395 g/mol. The zero-order chi connectivity index (χ0) is 20.5. The molecular weight excluding hydrogens is 374 g/mol. The molecule has 1 aliphatic rings. The number of fused-ring (bicyclic) bond motifs is 2. The largest absolute Gasteiger partial charge is 0.497 e. The standard InChI is InChI=1S/C22H21NO6/c1-4-27-22(25)21-15-9-19-20(29-12-28-19)11-16(15)23(2)17(21)10-18(24)13-5-7-14(26-3)8-6-13/h5-9,11H,4,10,12H2,1-3H3. The van der Waals surface area contributed by atoms with E-state index >= 15 is 0 Å². The number of esters is 1. The lowest BCUT2D eigenvalue weighted by atomic mass is 10.0. The molecule has 7 nitrogen and oxygen atoms in total. The van der Waals surface area contributed by atoms with Crippen LogP contribution in [0.4, 0.5) is 0 Å². The molecule has 150 valence electrons. The van der Waals surface area contributed by atoms with Crippen molar-refractivity contribution in [3.8, 4) is 17.2 Å². The zero-order valence-corrected chi connectivity index (χ0v) is 16.5. The third kappa shape index (κ3) is 3.29. The molecule has 0 radical (unpaired) electrons. The van der Waals surface area contributed by atoms with Crippen LogP contribution in [0.3, 0.4) is 0 Å². The first-order valence-electron chi connectivity index (χ1n) is 9.28. The molecule has 2 aromatic carbocycles. The number of hydrogen-bond acceptors (Lipinski definition) is 6. The Morgan fingerprint density at radius 1 is 1.10 bits per heavy atom. The average Bonchev–Trinajstić information content (AvgIpc) is 3.29. The second-order valence-electron chi connectivity index (χ2n) is 6.65. The van der Waals surface area contributed by atoms with Gasteiger partial charge < -0.3 is 23.5 Å². The highest BCUT2D eigenvalue weighted by Crippen LogP contribution is 2.39. The number of aryl methyl sites for hydroxylation is 1. The SMILES string of the molecule is CCOC(=O)c1c(CC(=O)c2ccc(OC)cc2)n(C)c2cc3c(cc12)OCO3. The van der Waals surface area contributed by atoms with E-state index in [4.69, 9.17) is 18.9 Å². The van der Waals surface area contributed by atoms with E-state index in [9.17, 15) is 9.59 Å². The third-order valence-corrected chi connectivity index (χ3v) is 5.03. The summed E-state index contributed by atoms with van der Waals surface area (Å²) >= 11 is 0. The van der Waals surface area contributed by atoms with Gasteiger partial charge in [-0.2, -0.15) is 0 Å². The number of Topliss-reactive ketones (excluding diaryl/α,β-unsaturated/α-hetero) is 1. The Morgan fingerprint density at radius 2 is 1.79 bits per heavy atom. The topological polar surface area (TPSA) is 76.0 Å². The summed E-state index contributed by atoms with van der Waals surface area (Å²) in [5.74, 6) is 1.29. The summed E-state index contributed by atoms with van der Waals surface area (Å²) in [6.07, 6.45) is 0.0536. The monoisotopic (exact) mass is 395 g/mol. The molecule has 0 fully saturated rings. The van der Waals surface area contributed by atoms with Gasteiger partial charge in [-0.15, -0.1) is 0 Å². The van der Waals surface area contributed by atoms with Crippen LogP contribution in [-0.4, -0.2) is 36.8 Å². The molecule has 0 spiro atoms.